The third-order valence-electron chi connectivity index (χ3n) is 1.65. The number of alkyl halides is 3. The van der Waals surface area contributed by atoms with E-state index in [1.54, 1.807) is 0 Å². The monoisotopic (exact) mass is 247 g/mol. The van der Waals surface area contributed by atoms with Crippen molar-refractivity contribution in [1.82, 2.24) is 0 Å². The van der Waals surface area contributed by atoms with E-state index in [2.05, 4.69) is 0 Å². The first kappa shape index (κ1) is 14.1. The normalized spacial score (nSPS) is 13.2. The van der Waals surface area contributed by atoms with E-state index in [4.69, 9.17) is 5.73 Å². The molecule has 0 aliphatic heterocycles. The Morgan fingerprint density at radius 2 is 1.67 bits per heavy atom. The molecule has 1 aromatic carbocycles. The molecule has 0 amide bonds. The zero-order chi connectivity index (χ0) is 10.9. The number of hydrogen-bond acceptors (Lipinski definition) is 1. The second-order valence-electron chi connectivity index (χ2n) is 2.69. The Morgan fingerprint density at radius 1 is 1.13 bits per heavy atom. The predicted octanol–water partition coefficient (Wildman–Crippen LogP) is 2.95. The van der Waals surface area contributed by atoms with Crippen LogP contribution < -0.4 is 5.73 Å². The van der Waals surface area contributed by atoms with Crippen molar-refractivity contribution in [3.63, 3.8) is 0 Å². The van der Waals surface area contributed by atoms with Gasteiger partial charge in [0.25, 0.3) is 0 Å². The maximum Gasteiger partial charge on any atom is 0.407 e. The average molecular weight is 248 g/mol. The van der Waals surface area contributed by atoms with Crippen molar-refractivity contribution < 1.29 is 22.0 Å². The highest BCUT2D eigenvalue weighted by molar-refractivity contribution is 5.85. The van der Waals surface area contributed by atoms with Crippen LogP contribution in [0.25, 0.3) is 0 Å². The van der Waals surface area contributed by atoms with Gasteiger partial charge in [0, 0.05) is 5.56 Å². The molecule has 0 heterocycles. The fourth-order valence-corrected chi connectivity index (χ4v) is 0.929. The Morgan fingerprint density at radius 3 is 2.13 bits per heavy atom. The Balaban J connectivity index is 0.00000196. The van der Waals surface area contributed by atoms with E-state index < -0.39 is 29.4 Å². The Bertz CT molecular complexity index is 338. The van der Waals surface area contributed by atoms with Crippen LogP contribution >= 0.6 is 12.4 Å². The van der Waals surface area contributed by atoms with Crippen molar-refractivity contribution in [3.8, 4) is 0 Å². The number of nitrogens with two attached hydrogens (primary N) is 1. The highest BCUT2D eigenvalue weighted by Crippen LogP contribution is 2.31. The molecule has 0 fully saturated rings. The van der Waals surface area contributed by atoms with Crippen LogP contribution in [-0.2, 0) is 0 Å². The van der Waals surface area contributed by atoms with E-state index in [0.717, 1.165) is 6.07 Å². The molecule has 1 unspecified atom stereocenters. The fourth-order valence-electron chi connectivity index (χ4n) is 0.929. The van der Waals surface area contributed by atoms with Crippen molar-refractivity contribution in [3.05, 3.63) is 35.4 Å². The molecule has 0 aromatic heterocycles. The van der Waals surface area contributed by atoms with E-state index in [1.165, 1.54) is 0 Å². The molecule has 0 radical (unpaired) electrons. The van der Waals surface area contributed by atoms with Gasteiger partial charge in [-0.1, -0.05) is 0 Å². The summed E-state index contributed by atoms with van der Waals surface area (Å²) >= 11 is 0. The van der Waals surface area contributed by atoms with Gasteiger partial charge >= 0.3 is 6.18 Å². The zero-order valence-electron chi connectivity index (χ0n) is 7.18. The van der Waals surface area contributed by atoms with Gasteiger partial charge in [-0.25, -0.2) is 8.78 Å². The van der Waals surface area contributed by atoms with Gasteiger partial charge in [0.05, 0.1) is 0 Å². The molecule has 7 heteroatoms. The van der Waals surface area contributed by atoms with Crippen LogP contribution in [0.3, 0.4) is 0 Å². The SMILES string of the molecule is Cl.NC(c1cc(F)ccc1F)C(F)(F)F. The standard InChI is InChI=1S/C8H6F5N.ClH/c9-4-1-2-6(10)5(3-4)7(14)8(11,12)13;/h1-3,7H,14H2;1H. The third-order valence-corrected chi connectivity index (χ3v) is 1.65. The summed E-state index contributed by atoms with van der Waals surface area (Å²) in [6.07, 6.45) is -4.78. The lowest BCUT2D eigenvalue weighted by Gasteiger charge is -2.16. The number of rotatable bonds is 1. The van der Waals surface area contributed by atoms with E-state index in [9.17, 15) is 22.0 Å². The van der Waals surface area contributed by atoms with Gasteiger partial charge in [0.1, 0.15) is 17.7 Å². The van der Waals surface area contributed by atoms with Gasteiger partial charge in [-0.05, 0) is 18.2 Å². The molecule has 1 nitrogen and oxygen atoms in total. The first-order valence-electron chi connectivity index (χ1n) is 3.59. The summed E-state index contributed by atoms with van der Waals surface area (Å²) < 4.78 is 61.4. The van der Waals surface area contributed by atoms with E-state index in [0.29, 0.717) is 12.1 Å². The molecular weight excluding hydrogens is 241 g/mol. The molecule has 2 N–H and O–H groups in total. The summed E-state index contributed by atoms with van der Waals surface area (Å²) in [4.78, 5) is 0. The summed E-state index contributed by atoms with van der Waals surface area (Å²) in [5.41, 5.74) is 3.82. The smallest absolute Gasteiger partial charge is 0.316 e. The summed E-state index contributed by atoms with van der Waals surface area (Å²) in [6, 6.07) is -0.732. The second kappa shape index (κ2) is 4.76. The molecular formula is C8H7ClF5N. The van der Waals surface area contributed by atoms with Gasteiger partial charge in [-0.15, -0.1) is 12.4 Å². The van der Waals surface area contributed by atoms with Crippen molar-refractivity contribution in [2.75, 3.05) is 0 Å². The van der Waals surface area contributed by atoms with Gasteiger partial charge in [-0.3, -0.25) is 0 Å². The van der Waals surface area contributed by atoms with Crippen molar-refractivity contribution in [1.29, 1.82) is 0 Å². The first-order valence-corrected chi connectivity index (χ1v) is 3.59. The summed E-state index contributed by atoms with van der Waals surface area (Å²) in [7, 11) is 0. The predicted molar refractivity (Wildman–Crippen MR) is 46.6 cm³/mol. The van der Waals surface area contributed by atoms with Crippen molar-refractivity contribution in [2.45, 2.75) is 12.2 Å². The molecule has 0 aliphatic carbocycles. The topological polar surface area (TPSA) is 26.0 Å². The maximum atomic E-state index is 12.8. The summed E-state index contributed by atoms with van der Waals surface area (Å²) in [5, 5.41) is 0. The van der Waals surface area contributed by atoms with Crippen LogP contribution in [0.1, 0.15) is 11.6 Å². The van der Waals surface area contributed by atoms with Crippen LogP contribution in [0.4, 0.5) is 22.0 Å². The van der Waals surface area contributed by atoms with E-state index in [-0.39, 0.29) is 12.4 Å². The lowest BCUT2D eigenvalue weighted by Crippen LogP contribution is -2.29. The number of halogens is 6. The molecule has 0 bridgehead atoms. The molecule has 0 aliphatic rings. The van der Waals surface area contributed by atoms with Crippen LogP contribution in [0, 0.1) is 11.6 Å². The largest absolute Gasteiger partial charge is 0.407 e. The molecule has 0 spiro atoms. The minimum atomic E-state index is -4.78. The molecule has 15 heavy (non-hydrogen) atoms. The highest BCUT2D eigenvalue weighted by Gasteiger charge is 2.39. The van der Waals surface area contributed by atoms with Gasteiger partial charge in [0.15, 0.2) is 0 Å². The molecule has 0 saturated heterocycles. The van der Waals surface area contributed by atoms with E-state index >= 15 is 0 Å². The molecule has 0 saturated carbocycles. The lowest BCUT2D eigenvalue weighted by atomic mass is 10.1. The molecule has 1 aromatic rings. The van der Waals surface area contributed by atoms with Gasteiger partial charge in [-0.2, -0.15) is 13.2 Å². The van der Waals surface area contributed by atoms with Crippen LogP contribution in [0.5, 0.6) is 0 Å². The Kier molecular flexibility index (Phi) is 4.48. The quantitative estimate of drug-likeness (QED) is 0.759. The Labute approximate surface area is 88.5 Å². The zero-order valence-corrected chi connectivity index (χ0v) is 8.00. The van der Waals surface area contributed by atoms with Crippen molar-refractivity contribution >= 4 is 12.4 Å². The maximum absolute atomic E-state index is 12.8. The lowest BCUT2D eigenvalue weighted by molar-refractivity contribution is -0.149. The highest BCUT2D eigenvalue weighted by atomic mass is 35.5. The van der Waals surface area contributed by atoms with Crippen molar-refractivity contribution in [2.24, 2.45) is 5.73 Å². The minimum Gasteiger partial charge on any atom is -0.316 e. The summed E-state index contributed by atoms with van der Waals surface area (Å²) in [5.74, 6) is -2.13. The second-order valence-corrected chi connectivity index (χ2v) is 2.69. The van der Waals surface area contributed by atoms with Crippen LogP contribution in [0.2, 0.25) is 0 Å². The minimum absolute atomic E-state index is 0. The Hall–Kier alpha value is -0.880. The molecule has 1 atom stereocenters. The fraction of sp³-hybridized carbons (Fsp3) is 0.250. The molecule has 1 rings (SSSR count). The van der Waals surface area contributed by atoms with Crippen LogP contribution in [-0.4, -0.2) is 6.18 Å². The number of hydrogen-bond donors (Lipinski definition) is 1. The average Bonchev–Trinajstić information content (AvgIpc) is 2.06. The van der Waals surface area contributed by atoms with E-state index in [1.807, 2.05) is 0 Å². The van der Waals surface area contributed by atoms with Gasteiger partial charge in [0.2, 0.25) is 0 Å². The third kappa shape index (κ3) is 3.32. The number of benzene rings is 1. The van der Waals surface area contributed by atoms with Crippen LogP contribution in [0.15, 0.2) is 18.2 Å². The summed E-state index contributed by atoms with van der Waals surface area (Å²) in [6.45, 7) is 0. The molecule has 86 valence electrons. The first-order chi connectivity index (χ1) is 6.32. The van der Waals surface area contributed by atoms with Gasteiger partial charge < -0.3 is 5.73 Å².